The van der Waals surface area contributed by atoms with Gasteiger partial charge in [0, 0.05) is 0 Å². The topological polar surface area (TPSA) is 0 Å². The first-order chi connectivity index (χ1) is 0. The average Bonchev–Trinajstić information content (AvgIpc) is 0. The molecule has 0 aliphatic carbocycles. The van der Waals surface area contributed by atoms with E-state index in [1.54, 1.807) is 0 Å². The molecule has 0 aromatic carbocycles. The number of hydrogen-bond acceptors (Lipinski definition) is 0. The zero-order valence-electron chi connectivity index (χ0n) is 4.61. The van der Waals surface area contributed by atoms with Crippen LogP contribution in [0.15, 0.2) is 0 Å². The summed E-state index contributed by atoms with van der Waals surface area (Å²) in [6.07, 6.45) is 0. The summed E-state index contributed by atoms with van der Waals surface area (Å²) in [7, 11) is 0. The van der Waals surface area contributed by atoms with Gasteiger partial charge in [-0.3, -0.25) is 0 Å². The molecule has 0 radical (unpaired) electrons. The van der Waals surface area contributed by atoms with Crippen LogP contribution in [0, 0.1) is 0 Å². The van der Waals surface area contributed by atoms with Crippen molar-refractivity contribution in [1.82, 2.24) is 0 Å². The van der Waals surface area contributed by atoms with Crippen LogP contribution in [0.1, 0.15) is 0 Å². The summed E-state index contributed by atoms with van der Waals surface area (Å²) in [6, 6.07) is 0. The minimum absolute atomic E-state index is 0. The zero-order chi connectivity index (χ0) is 0. The van der Waals surface area contributed by atoms with Gasteiger partial charge in [0.25, 0.3) is 0 Å². The molecule has 0 aliphatic rings. The number of hydrogen-bond donors (Lipinski definition) is 0. The summed E-state index contributed by atoms with van der Waals surface area (Å²) in [5.41, 5.74) is 0. The van der Waals surface area contributed by atoms with Gasteiger partial charge in [-0.1, -0.05) is 0 Å². The first-order valence-corrected chi connectivity index (χ1v) is 0. The Morgan fingerprint density at radius 3 is 0.333 bits per heavy atom. The van der Waals surface area contributed by atoms with Crippen LogP contribution in [0.4, 0.5) is 0 Å². The van der Waals surface area contributed by atoms with Gasteiger partial charge in [0.15, 0.2) is 0 Å². The van der Waals surface area contributed by atoms with Crippen molar-refractivity contribution in [2.45, 2.75) is 0 Å². The molecule has 9 heavy (non-hydrogen) atoms. The molecule has 0 nitrogen and oxygen atoms in total. The summed E-state index contributed by atoms with van der Waals surface area (Å²) < 4.78 is 0. The van der Waals surface area contributed by atoms with Gasteiger partial charge < -0.3 is 85.3 Å². The first-order valence-electron chi connectivity index (χ1n) is 0. The third kappa shape index (κ3) is 55.1. The van der Waals surface area contributed by atoms with Crippen molar-refractivity contribution in [3.63, 3.8) is 0 Å². The molecular weight excluding hydrogens is 849 g/mol. The van der Waals surface area contributed by atoms with Crippen LogP contribution in [-0.2, 0) is 54.6 Å². The van der Waals surface area contributed by atoms with E-state index in [-0.39, 0.29) is 192 Å². The predicted molar refractivity (Wildman–Crippen MR) is 40.3 cm³/mol. The van der Waals surface area contributed by atoms with Crippen molar-refractivity contribution in [3.8, 4) is 0 Å². The molecule has 0 aliphatic heterocycles. The van der Waals surface area contributed by atoms with Crippen LogP contribution in [0.25, 0.3) is 0 Å². The first kappa shape index (κ1) is 79.9. The van der Waals surface area contributed by atoms with Gasteiger partial charge in [0.1, 0.15) is 0 Å². The van der Waals surface area contributed by atoms with E-state index in [1.807, 2.05) is 0 Å². The van der Waals surface area contributed by atoms with E-state index >= 15 is 0 Å². The molecular formula is Cd2In2Se5. The summed E-state index contributed by atoms with van der Waals surface area (Å²) in [5, 5.41) is 0. The van der Waals surface area contributed by atoms with E-state index in [0.717, 1.165) is 0 Å². The van der Waals surface area contributed by atoms with E-state index in [0.29, 0.717) is 0 Å². The summed E-state index contributed by atoms with van der Waals surface area (Å²) in [5.74, 6) is 0. The maximum Gasteiger partial charge on any atom is 3.00 e. The molecule has 0 aromatic rings. The Kier molecular flexibility index (Phi) is 572. The minimum Gasteiger partial charge on any atom is -2.00 e. The molecule has 0 bridgehead atoms. The van der Waals surface area contributed by atoms with Crippen LogP contribution in [-0.4, -0.2) is 137 Å². The van der Waals surface area contributed by atoms with Crippen LogP contribution < -0.4 is 0 Å². The van der Waals surface area contributed by atoms with Crippen molar-refractivity contribution in [1.29, 1.82) is 0 Å². The Morgan fingerprint density at radius 2 is 0.333 bits per heavy atom. The summed E-state index contributed by atoms with van der Waals surface area (Å²) >= 11 is 0. The average molecular weight is 849 g/mol. The van der Waals surface area contributed by atoms with Crippen LogP contribution in [0.2, 0.25) is 0 Å². The van der Waals surface area contributed by atoms with Gasteiger partial charge in [0.05, 0.1) is 0 Å². The van der Waals surface area contributed by atoms with E-state index in [9.17, 15) is 0 Å². The standard InChI is InChI=1S/2Cd.2In.5Se/q2*+2;2*+3;5*-2. The minimum atomic E-state index is 0. The monoisotopic (exact) mass is 857 g/mol. The largest absolute Gasteiger partial charge is 3.00 e. The molecule has 0 atom stereocenters. The van der Waals surface area contributed by atoms with Gasteiger partial charge in [0.2, 0.25) is 0 Å². The van der Waals surface area contributed by atoms with Crippen molar-refractivity contribution in [2.75, 3.05) is 0 Å². The normalized spacial score (nSPS) is 0. The van der Waals surface area contributed by atoms with Crippen molar-refractivity contribution in [2.24, 2.45) is 0 Å². The fraction of sp³-hybridized carbons (Fsp3) is 0. The summed E-state index contributed by atoms with van der Waals surface area (Å²) in [6.45, 7) is 0. The Balaban J connectivity index is 0. The van der Waals surface area contributed by atoms with E-state index < -0.39 is 0 Å². The van der Waals surface area contributed by atoms with Crippen molar-refractivity contribution in [3.05, 3.63) is 0 Å². The second-order valence-electron chi connectivity index (χ2n) is 0. The molecule has 0 spiro atoms. The molecule has 0 saturated carbocycles. The molecule has 9 heteroatoms. The Morgan fingerprint density at radius 1 is 0.333 bits per heavy atom. The predicted octanol–water partition coefficient (Wildman–Crippen LogP) is -2.67. The summed E-state index contributed by atoms with van der Waals surface area (Å²) in [4.78, 5) is 0. The Labute approximate surface area is 187 Å². The smallest absolute Gasteiger partial charge is 2.00 e. The Bertz CT molecular complexity index is 12.9. The zero-order valence-corrected chi connectivity index (χ0v) is 27.8. The van der Waals surface area contributed by atoms with Gasteiger partial charge >= 0.3 is 106 Å². The molecule has 0 N–H and O–H groups in total. The second kappa shape index (κ2) is 64.5. The SMILES string of the molecule is [Cd+2].[Cd+2].[In+3].[In+3].[Se-2].[Se-2].[Se-2].[Se-2].[Se-2]. The maximum absolute atomic E-state index is 0. The van der Waals surface area contributed by atoms with Crippen LogP contribution >= 0.6 is 0 Å². The molecule has 0 heterocycles. The van der Waals surface area contributed by atoms with Gasteiger partial charge in [-0.2, -0.15) is 0 Å². The molecule has 0 unspecified atom stereocenters. The van der Waals surface area contributed by atoms with E-state index in [4.69, 9.17) is 0 Å². The van der Waals surface area contributed by atoms with Crippen molar-refractivity contribution < 1.29 is 54.6 Å². The van der Waals surface area contributed by atoms with E-state index in [1.165, 1.54) is 0 Å². The molecule has 0 fully saturated rings. The van der Waals surface area contributed by atoms with Gasteiger partial charge in [-0.25, -0.2) is 0 Å². The quantitative estimate of drug-likeness (QED) is 0.234. The van der Waals surface area contributed by atoms with Crippen LogP contribution in [0.5, 0.6) is 0 Å². The second-order valence-corrected chi connectivity index (χ2v) is 0. The van der Waals surface area contributed by atoms with Gasteiger partial charge in [-0.05, 0) is 0 Å². The third-order valence-electron chi connectivity index (χ3n) is 0. The molecule has 0 rings (SSSR count). The molecule has 0 aromatic heterocycles. The maximum atomic E-state index is 0. The number of rotatable bonds is 0. The van der Waals surface area contributed by atoms with Crippen LogP contribution in [0.3, 0.4) is 0 Å². The van der Waals surface area contributed by atoms with E-state index in [2.05, 4.69) is 0 Å². The van der Waals surface area contributed by atoms with Crippen molar-refractivity contribution >= 4 is 137 Å². The fourth-order valence-electron chi connectivity index (χ4n) is 0. The van der Waals surface area contributed by atoms with Gasteiger partial charge in [-0.15, -0.1) is 0 Å². The molecule has 40 valence electrons. The molecule has 0 amide bonds. The fourth-order valence-corrected chi connectivity index (χ4v) is 0. The Hall–Kier alpha value is 6.18. The third-order valence-corrected chi connectivity index (χ3v) is 0. The molecule has 0 saturated heterocycles.